The molecule has 0 atom stereocenters. The number of ether oxygens (including phenoxy) is 1. The van der Waals surface area contributed by atoms with Gasteiger partial charge in [0.2, 0.25) is 0 Å². The van der Waals surface area contributed by atoms with Gasteiger partial charge in [0.05, 0.1) is 13.2 Å². The van der Waals surface area contributed by atoms with Gasteiger partial charge in [0, 0.05) is 9.50 Å². The van der Waals surface area contributed by atoms with Crippen LogP contribution in [0.2, 0.25) is 5.02 Å². The molecule has 2 aromatic rings. The number of benzene rings is 2. The largest absolute Gasteiger partial charge is 0.372 e. The lowest BCUT2D eigenvalue weighted by Crippen LogP contribution is -1.95. The van der Waals surface area contributed by atoms with Crippen molar-refractivity contribution in [1.82, 2.24) is 0 Å². The topological polar surface area (TPSA) is 9.23 Å². The summed E-state index contributed by atoms with van der Waals surface area (Å²) < 4.78 is 19.4. The van der Waals surface area contributed by atoms with E-state index in [0.717, 1.165) is 11.1 Å². The van der Waals surface area contributed by atoms with Gasteiger partial charge in [-0.1, -0.05) is 39.7 Å². The van der Waals surface area contributed by atoms with Crippen molar-refractivity contribution >= 4 is 27.5 Å². The predicted octanol–water partition coefficient (Wildman–Crippen LogP) is 4.96. The van der Waals surface area contributed by atoms with Crippen LogP contribution in [0.25, 0.3) is 0 Å². The van der Waals surface area contributed by atoms with Gasteiger partial charge in [0.1, 0.15) is 5.82 Å². The van der Waals surface area contributed by atoms with Crippen LogP contribution in [0.3, 0.4) is 0 Å². The lowest BCUT2D eigenvalue weighted by Gasteiger charge is -2.06. The molecule has 0 aliphatic heterocycles. The fourth-order valence-electron chi connectivity index (χ4n) is 1.61. The lowest BCUT2D eigenvalue weighted by atomic mass is 10.2. The van der Waals surface area contributed by atoms with Gasteiger partial charge < -0.3 is 4.74 Å². The summed E-state index contributed by atoms with van der Waals surface area (Å²) in [5.74, 6) is -0.272. The maximum Gasteiger partial charge on any atom is 0.124 e. The molecule has 0 saturated heterocycles. The molecule has 0 spiro atoms. The maximum atomic E-state index is 13.1. The Labute approximate surface area is 119 Å². The first-order valence-corrected chi connectivity index (χ1v) is 6.58. The van der Waals surface area contributed by atoms with Crippen molar-refractivity contribution < 1.29 is 9.13 Å². The van der Waals surface area contributed by atoms with Gasteiger partial charge in [-0.2, -0.15) is 0 Å². The summed E-state index contributed by atoms with van der Waals surface area (Å²) in [6.45, 7) is 0.817. The molecule has 0 N–H and O–H groups in total. The standard InChI is InChI=1S/C14H11BrClFO/c15-12-4-11(6-14(17)7-12)9-18-8-10-2-1-3-13(16)5-10/h1-7H,8-9H2. The van der Waals surface area contributed by atoms with E-state index in [1.807, 2.05) is 30.3 Å². The molecule has 2 rings (SSSR count). The summed E-state index contributed by atoms with van der Waals surface area (Å²) in [5, 5.41) is 0.685. The highest BCUT2D eigenvalue weighted by molar-refractivity contribution is 9.10. The number of hydrogen-bond acceptors (Lipinski definition) is 1. The first kappa shape index (κ1) is 13.5. The zero-order chi connectivity index (χ0) is 13.0. The van der Waals surface area contributed by atoms with Crippen LogP contribution in [-0.2, 0) is 18.0 Å². The van der Waals surface area contributed by atoms with Crippen LogP contribution in [0.4, 0.5) is 4.39 Å². The van der Waals surface area contributed by atoms with Crippen molar-refractivity contribution in [3.63, 3.8) is 0 Å². The highest BCUT2D eigenvalue weighted by atomic mass is 79.9. The summed E-state index contributed by atoms with van der Waals surface area (Å²) in [6.07, 6.45) is 0. The van der Waals surface area contributed by atoms with Gasteiger partial charge in [-0.15, -0.1) is 0 Å². The Morgan fingerprint density at radius 1 is 1.06 bits per heavy atom. The molecular formula is C14H11BrClFO. The summed E-state index contributed by atoms with van der Waals surface area (Å²) in [4.78, 5) is 0. The van der Waals surface area contributed by atoms with E-state index in [-0.39, 0.29) is 5.82 Å². The molecule has 0 saturated carbocycles. The molecule has 0 amide bonds. The molecule has 0 aliphatic rings. The first-order chi connectivity index (χ1) is 8.63. The second-order valence-corrected chi connectivity index (χ2v) is 5.25. The molecule has 0 bridgehead atoms. The first-order valence-electron chi connectivity index (χ1n) is 5.40. The van der Waals surface area contributed by atoms with Gasteiger partial charge in [-0.05, 0) is 41.5 Å². The fraction of sp³-hybridized carbons (Fsp3) is 0.143. The Balaban J connectivity index is 1.92. The fourth-order valence-corrected chi connectivity index (χ4v) is 2.33. The Hall–Kier alpha value is -0.900. The molecule has 0 radical (unpaired) electrons. The van der Waals surface area contributed by atoms with Crippen LogP contribution in [-0.4, -0.2) is 0 Å². The van der Waals surface area contributed by atoms with Crippen LogP contribution in [0.1, 0.15) is 11.1 Å². The summed E-state index contributed by atoms with van der Waals surface area (Å²) in [7, 11) is 0. The van der Waals surface area contributed by atoms with E-state index in [0.29, 0.717) is 22.7 Å². The molecule has 0 aliphatic carbocycles. The highest BCUT2D eigenvalue weighted by Crippen LogP contribution is 2.17. The molecule has 18 heavy (non-hydrogen) atoms. The number of rotatable bonds is 4. The summed E-state index contributed by atoms with van der Waals surface area (Å²) >= 11 is 9.12. The van der Waals surface area contributed by atoms with Crippen molar-refractivity contribution in [1.29, 1.82) is 0 Å². The quantitative estimate of drug-likeness (QED) is 0.770. The van der Waals surface area contributed by atoms with Crippen molar-refractivity contribution in [3.05, 3.63) is 68.9 Å². The van der Waals surface area contributed by atoms with E-state index < -0.39 is 0 Å². The molecule has 0 aromatic heterocycles. The normalized spacial score (nSPS) is 10.6. The van der Waals surface area contributed by atoms with Gasteiger partial charge in [-0.3, -0.25) is 0 Å². The molecule has 4 heteroatoms. The summed E-state index contributed by atoms with van der Waals surface area (Å²) in [6, 6.07) is 12.2. The Bertz CT molecular complexity index is 525. The predicted molar refractivity (Wildman–Crippen MR) is 74.0 cm³/mol. The van der Waals surface area contributed by atoms with Crippen molar-refractivity contribution in [2.24, 2.45) is 0 Å². The molecular weight excluding hydrogens is 319 g/mol. The Morgan fingerprint density at radius 2 is 1.83 bits per heavy atom. The van der Waals surface area contributed by atoms with Gasteiger partial charge in [0.15, 0.2) is 0 Å². The van der Waals surface area contributed by atoms with Crippen LogP contribution >= 0.6 is 27.5 Å². The van der Waals surface area contributed by atoms with E-state index in [4.69, 9.17) is 16.3 Å². The van der Waals surface area contributed by atoms with Crippen LogP contribution in [0, 0.1) is 5.82 Å². The number of hydrogen-bond donors (Lipinski definition) is 0. The minimum Gasteiger partial charge on any atom is -0.372 e. The van der Waals surface area contributed by atoms with Crippen molar-refractivity contribution in [2.75, 3.05) is 0 Å². The average molecular weight is 330 g/mol. The second kappa shape index (κ2) is 6.32. The Morgan fingerprint density at radius 3 is 2.56 bits per heavy atom. The third kappa shape index (κ3) is 4.09. The zero-order valence-corrected chi connectivity index (χ0v) is 11.8. The van der Waals surface area contributed by atoms with Gasteiger partial charge in [0.25, 0.3) is 0 Å². The number of halogens is 3. The van der Waals surface area contributed by atoms with Gasteiger partial charge >= 0.3 is 0 Å². The summed E-state index contributed by atoms with van der Waals surface area (Å²) in [5.41, 5.74) is 1.79. The highest BCUT2D eigenvalue weighted by Gasteiger charge is 2.00. The van der Waals surface area contributed by atoms with Gasteiger partial charge in [-0.25, -0.2) is 4.39 Å². The smallest absolute Gasteiger partial charge is 0.124 e. The van der Waals surface area contributed by atoms with E-state index in [1.54, 1.807) is 0 Å². The third-order valence-corrected chi connectivity index (χ3v) is 3.04. The lowest BCUT2D eigenvalue weighted by molar-refractivity contribution is 0.107. The Kier molecular flexibility index (Phi) is 4.75. The molecule has 2 aromatic carbocycles. The maximum absolute atomic E-state index is 13.1. The van der Waals surface area contributed by atoms with E-state index in [1.165, 1.54) is 12.1 Å². The zero-order valence-electron chi connectivity index (χ0n) is 9.50. The molecule has 0 heterocycles. The third-order valence-electron chi connectivity index (χ3n) is 2.35. The van der Waals surface area contributed by atoms with E-state index in [2.05, 4.69) is 15.9 Å². The molecule has 1 nitrogen and oxygen atoms in total. The minimum atomic E-state index is -0.272. The van der Waals surface area contributed by atoms with E-state index in [9.17, 15) is 4.39 Å². The van der Waals surface area contributed by atoms with Crippen molar-refractivity contribution in [2.45, 2.75) is 13.2 Å². The average Bonchev–Trinajstić information content (AvgIpc) is 2.27. The second-order valence-electron chi connectivity index (χ2n) is 3.90. The molecule has 0 fully saturated rings. The SMILES string of the molecule is Fc1cc(Br)cc(COCc2cccc(Cl)c2)c1. The van der Waals surface area contributed by atoms with Crippen molar-refractivity contribution in [3.8, 4) is 0 Å². The van der Waals surface area contributed by atoms with Crippen LogP contribution < -0.4 is 0 Å². The molecule has 0 unspecified atom stereocenters. The van der Waals surface area contributed by atoms with Crippen LogP contribution in [0.5, 0.6) is 0 Å². The van der Waals surface area contributed by atoms with E-state index >= 15 is 0 Å². The molecule has 94 valence electrons. The van der Waals surface area contributed by atoms with Crippen LogP contribution in [0.15, 0.2) is 46.9 Å². The minimum absolute atomic E-state index is 0.272. The monoisotopic (exact) mass is 328 g/mol.